The Hall–Kier alpha value is -1.70. The molecular formula is C16H22N2. The van der Waals surface area contributed by atoms with E-state index in [1.54, 1.807) is 6.20 Å². The van der Waals surface area contributed by atoms with Gasteiger partial charge < -0.3 is 10.3 Å². The average molecular weight is 242 g/mol. The Labute approximate surface area is 109 Å². The molecule has 0 aliphatic heterocycles. The van der Waals surface area contributed by atoms with Gasteiger partial charge in [0.05, 0.1) is 0 Å². The van der Waals surface area contributed by atoms with Gasteiger partial charge in [0.15, 0.2) is 0 Å². The second-order valence-electron chi connectivity index (χ2n) is 4.69. The minimum atomic E-state index is 0.914. The largest absolute Gasteiger partial charge is 0.405 e. The summed E-state index contributed by atoms with van der Waals surface area (Å²) in [7, 11) is 0. The van der Waals surface area contributed by atoms with E-state index < -0.39 is 0 Å². The second-order valence-corrected chi connectivity index (χ2v) is 4.69. The predicted molar refractivity (Wildman–Crippen MR) is 78.5 cm³/mol. The van der Waals surface area contributed by atoms with E-state index in [4.69, 9.17) is 5.73 Å². The molecule has 0 unspecified atom stereocenters. The van der Waals surface area contributed by atoms with Crippen LogP contribution in [-0.4, -0.2) is 4.57 Å². The molecule has 2 aromatic rings. The second kappa shape index (κ2) is 6.29. The summed E-state index contributed by atoms with van der Waals surface area (Å²) in [6.45, 7) is 3.35. The molecule has 0 bridgehead atoms. The molecule has 1 heterocycles. The molecule has 0 radical (unpaired) electrons. The summed E-state index contributed by atoms with van der Waals surface area (Å²) in [4.78, 5) is 0. The van der Waals surface area contributed by atoms with Crippen molar-refractivity contribution in [2.75, 3.05) is 0 Å². The van der Waals surface area contributed by atoms with Crippen LogP contribution in [0.4, 0.5) is 0 Å². The van der Waals surface area contributed by atoms with E-state index in [0.717, 1.165) is 13.0 Å². The average Bonchev–Trinajstić information content (AvgIpc) is 2.75. The van der Waals surface area contributed by atoms with Crippen molar-refractivity contribution in [2.24, 2.45) is 5.73 Å². The molecule has 0 aliphatic carbocycles. The fourth-order valence-corrected chi connectivity index (χ4v) is 2.41. The zero-order chi connectivity index (χ0) is 12.8. The highest BCUT2D eigenvalue weighted by atomic mass is 15.0. The van der Waals surface area contributed by atoms with Gasteiger partial charge in [0.2, 0.25) is 0 Å². The zero-order valence-corrected chi connectivity index (χ0v) is 11.1. The van der Waals surface area contributed by atoms with E-state index >= 15 is 0 Å². The molecule has 2 heteroatoms. The van der Waals surface area contributed by atoms with E-state index in [2.05, 4.69) is 41.8 Å². The molecule has 0 amide bonds. The summed E-state index contributed by atoms with van der Waals surface area (Å²) in [5.41, 5.74) is 8.15. The molecule has 2 nitrogen and oxygen atoms in total. The molecule has 1 aromatic carbocycles. The number of para-hydroxylation sites is 1. The smallest absolute Gasteiger partial charge is 0.0482 e. The third-order valence-electron chi connectivity index (χ3n) is 3.34. The summed E-state index contributed by atoms with van der Waals surface area (Å²) in [6, 6.07) is 10.9. The number of nitrogens with two attached hydrogens (primary N) is 1. The monoisotopic (exact) mass is 242 g/mol. The minimum absolute atomic E-state index is 0.914. The van der Waals surface area contributed by atoms with Crippen molar-refractivity contribution in [3.8, 4) is 0 Å². The molecule has 0 aliphatic rings. The van der Waals surface area contributed by atoms with E-state index in [-0.39, 0.29) is 0 Å². The Morgan fingerprint density at radius 3 is 2.83 bits per heavy atom. The van der Waals surface area contributed by atoms with Crippen molar-refractivity contribution in [1.29, 1.82) is 0 Å². The number of hydrogen-bond acceptors (Lipinski definition) is 1. The van der Waals surface area contributed by atoms with Crippen LogP contribution in [0.5, 0.6) is 0 Å². The van der Waals surface area contributed by atoms with Crippen LogP contribution in [0.25, 0.3) is 10.9 Å². The van der Waals surface area contributed by atoms with E-state index in [9.17, 15) is 0 Å². The van der Waals surface area contributed by atoms with Crippen LogP contribution < -0.4 is 5.73 Å². The van der Waals surface area contributed by atoms with Gasteiger partial charge >= 0.3 is 0 Å². The number of hydrogen-bond donors (Lipinski definition) is 1. The van der Waals surface area contributed by atoms with Crippen molar-refractivity contribution in [2.45, 2.75) is 39.2 Å². The maximum Gasteiger partial charge on any atom is 0.0482 e. The molecule has 0 saturated heterocycles. The highest BCUT2D eigenvalue weighted by Crippen LogP contribution is 2.21. The number of benzene rings is 1. The van der Waals surface area contributed by atoms with Gasteiger partial charge in [-0.1, -0.05) is 44.0 Å². The van der Waals surface area contributed by atoms with Crippen LogP contribution in [0.1, 0.15) is 31.9 Å². The van der Waals surface area contributed by atoms with Crippen molar-refractivity contribution < 1.29 is 0 Å². The number of fused-ring (bicyclic) bond motifs is 1. The molecule has 2 N–H and O–H groups in total. The van der Waals surface area contributed by atoms with Crippen LogP contribution in [0.2, 0.25) is 0 Å². The highest BCUT2D eigenvalue weighted by molar-refractivity contribution is 5.81. The summed E-state index contributed by atoms with van der Waals surface area (Å²) in [5.74, 6) is 0. The molecule has 0 atom stereocenters. The van der Waals surface area contributed by atoms with Gasteiger partial charge in [0.1, 0.15) is 0 Å². The normalized spacial score (nSPS) is 11.6. The van der Waals surface area contributed by atoms with Crippen molar-refractivity contribution in [3.63, 3.8) is 0 Å². The quantitative estimate of drug-likeness (QED) is 0.766. The molecule has 1 aromatic heterocycles. The van der Waals surface area contributed by atoms with Gasteiger partial charge in [-0.05, 0) is 30.1 Å². The molecule has 96 valence electrons. The number of nitrogens with zero attached hydrogens (tertiary/aromatic N) is 1. The summed E-state index contributed by atoms with van der Waals surface area (Å²) in [5, 5.41) is 1.33. The lowest BCUT2D eigenvalue weighted by molar-refractivity contribution is 0.603. The van der Waals surface area contributed by atoms with Crippen LogP contribution in [0.15, 0.2) is 42.6 Å². The van der Waals surface area contributed by atoms with Crippen LogP contribution in [-0.2, 0) is 13.0 Å². The van der Waals surface area contributed by atoms with Crippen LogP contribution >= 0.6 is 0 Å². The van der Waals surface area contributed by atoms with Gasteiger partial charge in [0, 0.05) is 24.2 Å². The number of aryl methyl sites for hydroxylation is 1. The lowest BCUT2D eigenvalue weighted by Crippen LogP contribution is -2.02. The Morgan fingerprint density at radius 1 is 1.22 bits per heavy atom. The molecule has 0 saturated carbocycles. The maximum atomic E-state index is 5.45. The van der Waals surface area contributed by atoms with Gasteiger partial charge in [-0.3, -0.25) is 0 Å². The number of rotatable bonds is 6. The fraction of sp³-hybridized carbons (Fsp3) is 0.375. The highest BCUT2D eigenvalue weighted by Gasteiger charge is 2.06. The first-order chi connectivity index (χ1) is 8.86. The maximum absolute atomic E-state index is 5.45. The predicted octanol–water partition coefficient (Wildman–Crippen LogP) is 3.85. The van der Waals surface area contributed by atoms with Crippen LogP contribution in [0.3, 0.4) is 0 Å². The molecule has 0 spiro atoms. The van der Waals surface area contributed by atoms with Gasteiger partial charge in [-0.25, -0.2) is 0 Å². The van der Waals surface area contributed by atoms with E-state index in [1.165, 1.54) is 35.9 Å². The number of unbranched alkanes of at least 4 members (excludes halogenated alkanes) is 2. The van der Waals surface area contributed by atoms with Crippen LogP contribution in [0, 0.1) is 0 Å². The molecule has 18 heavy (non-hydrogen) atoms. The number of allylic oxidation sites excluding steroid dienone is 1. The Balaban J connectivity index is 2.31. The minimum Gasteiger partial charge on any atom is -0.405 e. The van der Waals surface area contributed by atoms with Gasteiger partial charge in [-0.15, -0.1) is 0 Å². The first-order valence-electron chi connectivity index (χ1n) is 6.80. The van der Waals surface area contributed by atoms with Gasteiger partial charge in [-0.2, -0.15) is 0 Å². The molecular weight excluding hydrogens is 220 g/mol. The van der Waals surface area contributed by atoms with E-state index in [1.807, 2.05) is 6.08 Å². The van der Waals surface area contributed by atoms with Crippen molar-refractivity contribution >= 4 is 10.9 Å². The van der Waals surface area contributed by atoms with Crippen molar-refractivity contribution in [1.82, 2.24) is 4.57 Å². The SMILES string of the molecule is CCCCCn1c(CC=CN)cc2ccccc21. The summed E-state index contributed by atoms with van der Waals surface area (Å²) in [6.07, 6.45) is 8.36. The Morgan fingerprint density at radius 2 is 2.06 bits per heavy atom. The molecule has 0 fully saturated rings. The topological polar surface area (TPSA) is 30.9 Å². The summed E-state index contributed by atoms with van der Waals surface area (Å²) < 4.78 is 2.44. The first kappa shape index (κ1) is 12.7. The zero-order valence-electron chi connectivity index (χ0n) is 11.1. The lowest BCUT2D eigenvalue weighted by atomic mass is 10.2. The number of aromatic nitrogens is 1. The van der Waals surface area contributed by atoms with Gasteiger partial charge in [0.25, 0.3) is 0 Å². The fourth-order valence-electron chi connectivity index (χ4n) is 2.41. The standard InChI is InChI=1S/C16H22N2/c1-2-3-6-12-18-15(9-7-11-17)13-14-8-4-5-10-16(14)18/h4-5,7-8,10-11,13H,2-3,6,9,12,17H2,1H3. The lowest BCUT2D eigenvalue weighted by Gasteiger charge is -2.09. The third-order valence-corrected chi connectivity index (χ3v) is 3.34. The van der Waals surface area contributed by atoms with E-state index in [0.29, 0.717) is 0 Å². The summed E-state index contributed by atoms with van der Waals surface area (Å²) >= 11 is 0. The molecule has 2 rings (SSSR count). The first-order valence-corrected chi connectivity index (χ1v) is 6.80. The Bertz CT molecular complexity index is 523. The van der Waals surface area contributed by atoms with Crippen molar-refractivity contribution in [3.05, 3.63) is 48.3 Å². The Kier molecular flexibility index (Phi) is 4.46. The third kappa shape index (κ3) is 2.76.